The molecule has 1 heterocycles. The Balaban J connectivity index is 1.64. The molecule has 1 aliphatic heterocycles. The van der Waals surface area contributed by atoms with Crippen LogP contribution in [-0.2, 0) is 4.79 Å². The van der Waals surface area contributed by atoms with Gasteiger partial charge in [0.05, 0.1) is 18.2 Å². The standard InChI is InChI=1S/C19H17FN2O3S/c1-2-25-16-9-7-15(8-10-16)21-12-22-18(23)17(26-19(22)24)11-13-3-5-14(20)6-4-13/h3-11,21H,2,12H2,1H3. The molecule has 134 valence electrons. The van der Waals surface area contributed by atoms with Gasteiger partial charge in [0.25, 0.3) is 11.1 Å². The second-order valence-electron chi connectivity index (χ2n) is 5.45. The monoisotopic (exact) mass is 372 g/mol. The summed E-state index contributed by atoms with van der Waals surface area (Å²) in [7, 11) is 0. The van der Waals surface area contributed by atoms with Crippen molar-refractivity contribution in [2.45, 2.75) is 6.92 Å². The highest BCUT2D eigenvalue weighted by Gasteiger charge is 2.34. The van der Waals surface area contributed by atoms with Gasteiger partial charge in [0.1, 0.15) is 11.6 Å². The maximum atomic E-state index is 13.0. The van der Waals surface area contributed by atoms with Gasteiger partial charge in [-0.3, -0.25) is 14.5 Å². The van der Waals surface area contributed by atoms with Crippen molar-refractivity contribution >= 4 is 34.7 Å². The Morgan fingerprint density at radius 1 is 1.12 bits per heavy atom. The van der Waals surface area contributed by atoms with Gasteiger partial charge < -0.3 is 10.1 Å². The number of nitrogens with zero attached hydrogens (tertiary/aromatic N) is 1. The van der Waals surface area contributed by atoms with E-state index < -0.39 is 0 Å². The maximum Gasteiger partial charge on any atom is 0.295 e. The summed E-state index contributed by atoms with van der Waals surface area (Å²) in [4.78, 5) is 26.0. The lowest BCUT2D eigenvalue weighted by atomic mass is 10.2. The fourth-order valence-corrected chi connectivity index (χ4v) is 3.19. The van der Waals surface area contributed by atoms with Crippen molar-refractivity contribution in [1.82, 2.24) is 4.90 Å². The fourth-order valence-electron chi connectivity index (χ4n) is 2.35. The minimum atomic E-state index is -0.372. The predicted molar refractivity (Wildman–Crippen MR) is 100 cm³/mol. The average Bonchev–Trinajstić information content (AvgIpc) is 2.90. The Bertz CT molecular complexity index is 835. The molecule has 2 amide bonds. The van der Waals surface area contributed by atoms with Gasteiger partial charge in [-0.05, 0) is 66.7 Å². The molecule has 0 unspecified atom stereocenters. The molecule has 3 rings (SSSR count). The number of hydrogen-bond donors (Lipinski definition) is 1. The maximum absolute atomic E-state index is 13.0. The van der Waals surface area contributed by atoms with E-state index in [-0.39, 0.29) is 23.6 Å². The summed E-state index contributed by atoms with van der Waals surface area (Å²) in [6.07, 6.45) is 1.58. The third-order valence-electron chi connectivity index (χ3n) is 3.65. The first kappa shape index (κ1) is 18.0. The van der Waals surface area contributed by atoms with Crippen LogP contribution in [0.2, 0.25) is 0 Å². The lowest BCUT2D eigenvalue weighted by Gasteiger charge is -2.14. The number of halogens is 1. The molecule has 0 aromatic heterocycles. The minimum absolute atomic E-state index is 0.0689. The zero-order chi connectivity index (χ0) is 18.5. The Kier molecular flexibility index (Phi) is 5.58. The van der Waals surface area contributed by atoms with E-state index in [1.165, 1.54) is 12.1 Å². The fraction of sp³-hybridized carbons (Fsp3) is 0.158. The molecule has 1 N–H and O–H groups in total. The van der Waals surface area contributed by atoms with Gasteiger partial charge >= 0.3 is 0 Å². The summed E-state index contributed by atoms with van der Waals surface area (Å²) in [5.41, 5.74) is 1.44. The van der Waals surface area contributed by atoms with Gasteiger partial charge in [0, 0.05) is 5.69 Å². The summed E-state index contributed by atoms with van der Waals surface area (Å²) in [5, 5.41) is 2.70. The van der Waals surface area contributed by atoms with E-state index in [1.807, 2.05) is 31.2 Å². The van der Waals surface area contributed by atoms with Crippen LogP contribution < -0.4 is 10.1 Å². The van der Waals surface area contributed by atoms with Crippen molar-refractivity contribution < 1.29 is 18.7 Å². The highest BCUT2D eigenvalue weighted by molar-refractivity contribution is 8.18. The summed E-state index contributed by atoms with van der Waals surface area (Å²) < 4.78 is 18.3. The topological polar surface area (TPSA) is 58.6 Å². The Morgan fingerprint density at radius 3 is 2.46 bits per heavy atom. The number of ether oxygens (including phenoxy) is 1. The number of anilines is 1. The summed E-state index contributed by atoms with van der Waals surface area (Å²) in [5.74, 6) is 0.0315. The van der Waals surface area contributed by atoms with Gasteiger partial charge in [-0.2, -0.15) is 0 Å². The molecule has 0 radical (unpaired) electrons. The van der Waals surface area contributed by atoms with Crippen molar-refractivity contribution in [2.75, 3.05) is 18.6 Å². The molecule has 1 aliphatic rings. The molecule has 26 heavy (non-hydrogen) atoms. The van der Waals surface area contributed by atoms with E-state index in [0.29, 0.717) is 17.1 Å². The van der Waals surface area contributed by atoms with E-state index >= 15 is 0 Å². The first-order valence-corrected chi connectivity index (χ1v) is 8.86. The number of carbonyl (C=O) groups excluding carboxylic acids is 2. The van der Waals surface area contributed by atoms with Crippen LogP contribution in [0.4, 0.5) is 14.9 Å². The Hall–Kier alpha value is -2.80. The number of rotatable bonds is 6. The lowest BCUT2D eigenvalue weighted by molar-refractivity contribution is -0.122. The van der Waals surface area contributed by atoms with Crippen LogP contribution in [0.15, 0.2) is 53.4 Å². The first-order valence-electron chi connectivity index (χ1n) is 8.04. The van der Waals surface area contributed by atoms with E-state index in [4.69, 9.17) is 4.74 Å². The third kappa shape index (κ3) is 4.23. The molecule has 0 atom stereocenters. The molecule has 2 aromatic rings. The largest absolute Gasteiger partial charge is 0.494 e. The van der Waals surface area contributed by atoms with Crippen LogP contribution in [0.25, 0.3) is 6.08 Å². The number of nitrogens with one attached hydrogen (secondary N) is 1. The highest BCUT2D eigenvalue weighted by atomic mass is 32.2. The van der Waals surface area contributed by atoms with Gasteiger partial charge in [0.2, 0.25) is 0 Å². The Morgan fingerprint density at radius 2 is 1.81 bits per heavy atom. The van der Waals surface area contributed by atoms with Crippen LogP contribution in [0.1, 0.15) is 12.5 Å². The molecule has 0 bridgehead atoms. The van der Waals surface area contributed by atoms with Gasteiger partial charge in [-0.15, -0.1) is 0 Å². The second-order valence-corrected chi connectivity index (χ2v) is 6.45. The van der Waals surface area contributed by atoms with Crippen LogP contribution >= 0.6 is 11.8 Å². The van der Waals surface area contributed by atoms with E-state index in [2.05, 4.69) is 5.32 Å². The normalized spacial score (nSPS) is 15.6. The molecule has 7 heteroatoms. The van der Waals surface area contributed by atoms with E-state index in [1.54, 1.807) is 18.2 Å². The molecule has 0 saturated carbocycles. The zero-order valence-corrected chi connectivity index (χ0v) is 14.9. The minimum Gasteiger partial charge on any atom is -0.494 e. The average molecular weight is 372 g/mol. The van der Waals surface area contributed by atoms with Crippen molar-refractivity contribution in [1.29, 1.82) is 0 Å². The van der Waals surface area contributed by atoms with E-state index in [9.17, 15) is 14.0 Å². The zero-order valence-electron chi connectivity index (χ0n) is 14.1. The SMILES string of the molecule is CCOc1ccc(NCN2C(=O)SC(=Cc3ccc(F)cc3)C2=O)cc1. The smallest absolute Gasteiger partial charge is 0.295 e. The summed E-state index contributed by atoms with van der Waals surface area (Å²) in [6, 6.07) is 13.0. The molecular weight excluding hydrogens is 355 g/mol. The number of imide groups is 1. The van der Waals surface area contributed by atoms with Crippen LogP contribution in [0.5, 0.6) is 5.75 Å². The number of thioether (sulfide) groups is 1. The van der Waals surface area contributed by atoms with Gasteiger partial charge in [-0.25, -0.2) is 4.39 Å². The van der Waals surface area contributed by atoms with Crippen molar-refractivity contribution in [3.8, 4) is 5.75 Å². The van der Waals surface area contributed by atoms with Gasteiger partial charge in [0.15, 0.2) is 0 Å². The van der Waals surface area contributed by atoms with E-state index in [0.717, 1.165) is 28.1 Å². The highest BCUT2D eigenvalue weighted by Crippen LogP contribution is 2.32. The molecule has 0 aliphatic carbocycles. The van der Waals surface area contributed by atoms with Crippen LogP contribution in [0, 0.1) is 5.82 Å². The molecule has 5 nitrogen and oxygen atoms in total. The second kappa shape index (κ2) is 8.05. The van der Waals surface area contributed by atoms with Crippen LogP contribution in [0.3, 0.4) is 0 Å². The molecule has 0 spiro atoms. The van der Waals surface area contributed by atoms with Crippen molar-refractivity contribution in [3.05, 3.63) is 64.8 Å². The van der Waals surface area contributed by atoms with Crippen LogP contribution in [-0.4, -0.2) is 29.3 Å². The molecule has 2 aromatic carbocycles. The molecular formula is C19H17FN2O3S. The first-order chi connectivity index (χ1) is 12.6. The number of carbonyl (C=O) groups is 2. The van der Waals surface area contributed by atoms with Gasteiger partial charge in [-0.1, -0.05) is 12.1 Å². The third-order valence-corrected chi connectivity index (χ3v) is 4.56. The number of amides is 2. The summed E-state index contributed by atoms with van der Waals surface area (Å²) in [6.45, 7) is 2.56. The lowest BCUT2D eigenvalue weighted by Crippen LogP contribution is -2.33. The van der Waals surface area contributed by atoms with Crippen molar-refractivity contribution in [3.63, 3.8) is 0 Å². The number of benzene rings is 2. The quantitative estimate of drug-likeness (QED) is 0.765. The summed E-state index contributed by atoms with van der Waals surface area (Å²) >= 11 is 0.870. The van der Waals surface area contributed by atoms with Crippen molar-refractivity contribution in [2.24, 2.45) is 0 Å². The molecule has 1 fully saturated rings. The molecule has 1 saturated heterocycles. The Labute approximate surface area is 154 Å². The predicted octanol–water partition coefficient (Wildman–Crippen LogP) is 4.33. The number of hydrogen-bond acceptors (Lipinski definition) is 5.